The number of rotatable bonds is 6. The number of benzene rings is 3. The molecule has 0 saturated carbocycles. The molecule has 3 aromatic carbocycles. The molecule has 26 heavy (non-hydrogen) atoms. The first-order valence-corrected chi connectivity index (χ1v) is 10.8. The molecule has 0 unspecified atom stereocenters. The minimum Gasteiger partial charge on any atom is -0.388 e. The molecule has 0 aliphatic heterocycles. The summed E-state index contributed by atoms with van der Waals surface area (Å²) >= 11 is 0. The average molecular weight is 364 g/mol. The van der Waals surface area contributed by atoms with Crippen LogP contribution in [0.3, 0.4) is 0 Å². The van der Waals surface area contributed by atoms with Gasteiger partial charge >= 0.3 is 0 Å². The smallest absolute Gasteiger partial charge is 0.149 e. The third-order valence-electron chi connectivity index (χ3n) is 4.85. The monoisotopic (exact) mass is 364 g/mol. The Bertz CT molecular complexity index is 817. The van der Waals surface area contributed by atoms with E-state index in [1.54, 1.807) is 0 Å². The van der Waals surface area contributed by atoms with Crippen molar-refractivity contribution in [1.82, 2.24) is 0 Å². The van der Waals surface area contributed by atoms with Gasteiger partial charge in [0.2, 0.25) is 0 Å². The van der Waals surface area contributed by atoms with E-state index in [9.17, 15) is 9.67 Å². The lowest BCUT2D eigenvalue weighted by molar-refractivity contribution is 0.154. The Kier molecular flexibility index (Phi) is 5.76. The first-order chi connectivity index (χ1) is 12.5. The summed E-state index contributed by atoms with van der Waals surface area (Å²) in [6, 6.07) is 28.7. The Labute approximate surface area is 155 Å². The van der Waals surface area contributed by atoms with Crippen molar-refractivity contribution in [2.75, 3.05) is 0 Å². The number of aliphatic hydroxyl groups excluding tert-OH is 1. The Morgan fingerprint density at radius 3 is 1.46 bits per heavy atom. The maximum absolute atomic E-state index is 14.6. The topological polar surface area (TPSA) is 37.3 Å². The molecule has 0 amide bonds. The zero-order chi connectivity index (χ0) is 18.6. The molecule has 3 rings (SSSR count). The molecular formula is C23H25O2P. The van der Waals surface area contributed by atoms with Gasteiger partial charge in [-0.15, -0.1) is 0 Å². The van der Waals surface area contributed by atoms with Crippen molar-refractivity contribution in [2.45, 2.75) is 25.6 Å². The SMILES string of the molecule is CC(C)[C@H]([C@@H](O)c1ccccc1)P(=O)(c1ccccc1)c1ccccc1. The van der Waals surface area contributed by atoms with E-state index in [0.717, 1.165) is 16.2 Å². The lowest BCUT2D eigenvalue weighted by Gasteiger charge is -2.35. The van der Waals surface area contributed by atoms with E-state index in [4.69, 9.17) is 0 Å². The number of hydrogen-bond donors (Lipinski definition) is 1. The Hall–Kier alpha value is -2.15. The quantitative estimate of drug-likeness (QED) is 0.641. The first kappa shape index (κ1) is 18.6. The standard InChI is InChI=1S/C23H25O2P/c1-18(2)23(22(24)19-12-6-3-7-13-19)26(25,20-14-8-4-9-15-20)21-16-10-5-11-17-21/h3-18,22-24H,1-2H3/t22-,23+/m0/s1. The van der Waals surface area contributed by atoms with Gasteiger partial charge < -0.3 is 9.67 Å². The van der Waals surface area contributed by atoms with Gasteiger partial charge in [-0.3, -0.25) is 0 Å². The fraction of sp³-hybridized carbons (Fsp3) is 0.217. The van der Waals surface area contributed by atoms with Gasteiger partial charge in [-0.1, -0.05) is 105 Å². The van der Waals surface area contributed by atoms with Crippen molar-refractivity contribution < 1.29 is 9.67 Å². The molecule has 0 bridgehead atoms. The third kappa shape index (κ3) is 3.53. The average Bonchev–Trinajstić information content (AvgIpc) is 2.69. The third-order valence-corrected chi connectivity index (χ3v) is 8.70. The van der Waals surface area contributed by atoms with Crippen LogP contribution in [0.2, 0.25) is 0 Å². The van der Waals surface area contributed by atoms with Crippen LogP contribution in [0.4, 0.5) is 0 Å². The summed E-state index contributed by atoms with van der Waals surface area (Å²) in [5.74, 6) is 0.0384. The second-order valence-electron chi connectivity index (χ2n) is 6.92. The number of hydrogen-bond acceptors (Lipinski definition) is 2. The lowest BCUT2D eigenvalue weighted by Crippen LogP contribution is -2.34. The molecule has 3 aromatic rings. The van der Waals surface area contributed by atoms with E-state index in [-0.39, 0.29) is 5.92 Å². The predicted molar refractivity (Wildman–Crippen MR) is 110 cm³/mol. The molecule has 0 fully saturated rings. The van der Waals surface area contributed by atoms with Gasteiger partial charge in [0.25, 0.3) is 0 Å². The predicted octanol–water partition coefficient (Wildman–Crippen LogP) is 4.76. The van der Waals surface area contributed by atoms with Crippen molar-refractivity contribution in [2.24, 2.45) is 5.92 Å². The second-order valence-corrected chi connectivity index (χ2v) is 9.86. The summed E-state index contributed by atoms with van der Waals surface area (Å²) < 4.78 is 14.6. The van der Waals surface area contributed by atoms with Gasteiger partial charge in [0, 0.05) is 10.6 Å². The van der Waals surface area contributed by atoms with Crippen LogP contribution in [-0.4, -0.2) is 10.8 Å². The molecule has 1 N–H and O–H groups in total. The molecule has 134 valence electrons. The molecule has 0 aliphatic rings. The highest BCUT2D eigenvalue weighted by Crippen LogP contribution is 2.55. The fourth-order valence-electron chi connectivity index (χ4n) is 3.62. The highest BCUT2D eigenvalue weighted by Gasteiger charge is 2.43. The van der Waals surface area contributed by atoms with Crippen LogP contribution in [-0.2, 0) is 4.57 Å². The maximum atomic E-state index is 14.6. The van der Waals surface area contributed by atoms with Gasteiger partial charge in [0.1, 0.15) is 7.14 Å². The molecule has 0 aromatic heterocycles. The van der Waals surface area contributed by atoms with Gasteiger partial charge in [0.15, 0.2) is 0 Å². The van der Waals surface area contributed by atoms with Crippen LogP contribution >= 0.6 is 7.14 Å². The Morgan fingerprint density at radius 1 is 0.692 bits per heavy atom. The summed E-state index contributed by atoms with van der Waals surface area (Å²) in [6.07, 6.45) is -0.803. The van der Waals surface area contributed by atoms with E-state index in [2.05, 4.69) is 0 Å². The summed E-state index contributed by atoms with van der Waals surface area (Å²) in [5.41, 5.74) is 0.396. The van der Waals surface area contributed by atoms with E-state index in [1.807, 2.05) is 105 Å². The molecule has 0 heterocycles. The molecule has 0 saturated heterocycles. The zero-order valence-corrected chi connectivity index (χ0v) is 16.1. The molecule has 2 nitrogen and oxygen atoms in total. The molecule has 0 spiro atoms. The van der Waals surface area contributed by atoms with Crippen LogP contribution in [0.1, 0.15) is 25.5 Å². The fourth-order valence-corrected chi connectivity index (χ4v) is 7.25. The first-order valence-electron chi connectivity index (χ1n) is 8.99. The van der Waals surface area contributed by atoms with Gasteiger partial charge in [-0.05, 0) is 11.5 Å². The van der Waals surface area contributed by atoms with Crippen molar-refractivity contribution in [3.63, 3.8) is 0 Å². The van der Waals surface area contributed by atoms with Crippen LogP contribution in [0.5, 0.6) is 0 Å². The Balaban J connectivity index is 2.20. The van der Waals surface area contributed by atoms with E-state index < -0.39 is 18.9 Å². The minimum absolute atomic E-state index is 0.0384. The number of aliphatic hydroxyl groups is 1. The molecular weight excluding hydrogens is 339 g/mol. The van der Waals surface area contributed by atoms with Crippen molar-refractivity contribution in [3.8, 4) is 0 Å². The van der Waals surface area contributed by atoms with Crippen LogP contribution < -0.4 is 10.6 Å². The summed E-state index contributed by atoms with van der Waals surface area (Å²) in [4.78, 5) is 0. The van der Waals surface area contributed by atoms with Crippen molar-refractivity contribution in [1.29, 1.82) is 0 Å². The van der Waals surface area contributed by atoms with E-state index in [1.165, 1.54) is 0 Å². The van der Waals surface area contributed by atoms with E-state index >= 15 is 0 Å². The summed E-state index contributed by atoms with van der Waals surface area (Å²) in [5, 5.41) is 12.8. The summed E-state index contributed by atoms with van der Waals surface area (Å²) in [6.45, 7) is 4.07. The molecule has 2 atom stereocenters. The van der Waals surface area contributed by atoms with Gasteiger partial charge in [0.05, 0.1) is 11.8 Å². The highest BCUT2D eigenvalue weighted by atomic mass is 31.2. The zero-order valence-electron chi connectivity index (χ0n) is 15.2. The van der Waals surface area contributed by atoms with Gasteiger partial charge in [-0.25, -0.2) is 0 Å². The molecule has 3 heteroatoms. The van der Waals surface area contributed by atoms with Crippen molar-refractivity contribution in [3.05, 3.63) is 96.6 Å². The normalized spacial score (nSPS) is 14.2. The van der Waals surface area contributed by atoms with Crippen LogP contribution in [0.25, 0.3) is 0 Å². The highest BCUT2D eigenvalue weighted by molar-refractivity contribution is 7.79. The minimum atomic E-state index is -3.06. The Morgan fingerprint density at radius 2 is 1.08 bits per heavy atom. The van der Waals surface area contributed by atoms with E-state index in [0.29, 0.717) is 0 Å². The molecule has 0 radical (unpaired) electrons. The molecule has 0 aliphatic carbocycles. The largest absolute Gasteiger partial charge is 0.388 e. The second kappa shape index (κ2) is 8.03. The van der Waals surface area contributed by atoms with Crippen LogP contribution in [0.15, 0.2) is 91.0 Å². The maximum Gasteiger partial charge on any atom is 0.149 e. The summed E-state index contributed by atoms with van der Waals surface area (Å²) in [7, 11) is -3.06. The lowest BCUT2D eigenvalue weighted by atomic mass is 9.99. The van der Waals surface area contributed by atoms with Crippen molar-refractivity contribution >= 4 is 17.8 Å². The van der Waals surface area contributed by atoms with Crippen LogP contribution in [0, 0.1) is 5.92 Å². The van der Waals surface area contributed by atoms with Gasteiger partial charge in [-0.2, -0.15) is 0 Å².